The predicted molar refractivity (Wildman–Crippen MR) is 119 cm³/mol. The van der Waals surface area contributed by atoms with Crippen LogP contribution in [0.1, 0.15) is 42.7 Å². The summed E-state index contributed by atoms with van der Waals surface area (Å²) < 4.78 is 46.9. The molecular formula is C23H25ClF2N4O5. The number of aromatic nitrogens is 4. The van der Waals surface area contributed by atoms with Crippen molar-refractivity contribution in [2.24, 2.45) is 0 Å². The van der Waals surface area contributed by atoms with E-state index >= 15 is 0 Å². The number of methoxy groups -OCH3 is 1. The Morgan fingerprint density at radius 3 is 2.71 bits per heavy atom. The molecule has 0 amide bonds. The van der Waals surface area contributed by atoms with Crippen LogP contribution in [-0.4, -0.2) is 68.5 Å². The third-order valence-electron chi connectivity index (χ3n) is 6.86. The van der Waals surface area contributed by atoms with Gasteiger partial charge in [0.2, 0.25) is 0 Å². The van der Waals surface area contributed by atoms with E-state index in [1.807, 2.05) is 6.07 Å². The van der Waals surface area contributed by atoms with Crippen LogP contribution in [0.5, 0.6) is 0 Å². The molecule has 5 rings (SSSR count). The molecule has 2 aliphatic rings. The molecule has 2 aromatic heterocycles. The standard InChI is InChI=1S/C23H25ClF2N4O5/c1-33-23-17(8-12-7-16(35-28-12)11-3-2-4-11)34-18(10-31)22(32)21(23)30-9-15(27-29-30)13-5-6-14(24)20(26)19(13)25/h5-7,9,11,17-18,21-23,31-32H,2-4,8,10H2,1H3/t17-,18-,21+,22+,23+/m1/s1. The van der Waals surface area contributed by atoms with E-state index in [2.05, 4.69) is 15.5 Å². The molecule has 188 valence electrons. The zero-order valence-electron chi connectivity index (χ0n) is 18.9. The van der Waals surface area contributed by atoms with Crippen LogP contribution >= 0.6 is 11.6 Å². The van der Waals surface area contributed by atoms with Crippen LogP contribution in [0.3, 0.4) is 0 Å². The van der Waals surface area contributed by atoms with Crippen molar-refractivity contribution in [3.63, 3.8) is 0 Å². The second-order valence-corrected chi connectivity index (χ2v) is 9.34. The number of aliphatic hydroxyl groups excluding tert-OH is 2. The Balaban J connectivity index is 1.43. The van der Waals surface area contributed by atoms with Crippen molar-refractivity contribution in [1.29, 1.82) is 0 Å². The Morgan fingerprint density at radius 2 is 2.03 bits per heavy atom. The molecule has 3 aromatic rings. The van der Waals surface area contributed by atoms with Crippen LogP contribution in [0.15, 0.2) is 28.9 Å². The molecule has 1 saturated heterocycles. The first-order chi connectivity index (χ1) is 16.9. The Kier molecular flexibility index (Phi) is 6.86. The van der Waals surface area contributed by atoms with Gasteiger partial charge in [-0.25, -0.2) is 13.5 Å². The molecule has 0 unspecified atom stereocenters. The van der Waals surface area contributed by atoms with Crippen molar-refractivity contribution in [2.75, 3.05) is 13.7 Å². The molecule has 0 spiro atoms. The number of ether oxygens (including phenoxy) is 2. The third kappa shape index (κ3) is 4.47. The summed E-state index contributed by atoms with van der Waals surface area (Å²) in [4.78, 5) is 0. The van der Waals surface area contributed by atoms with E-state index in [0.29, 0.717) is 18.0 Å². The van der Waals surface area contributed by atoms with Gasteiger partial charge in [0.05, 0.1) is 29.6 Å². The van der Waals surface area contributed by atoms with Gasteiger partial charge in [-0.2, -0.15) is 0 Å². The fourth-order valence-electron chi connectivity index (χ4n) is 4.72. The summed E-state index contributed by atoms with van der Waals surface area (Å²) in [5.74, 6) is -1.12. The fourth-order valence-corrected chi connectivity index (χ4v) is 4.86. The van der Waals surface area contributed by atoms with Crippen LogP contribution in [0.2, 0.25) is 5.02 Å². The van der Waals surface area contributed by atoms with E-state index < -0.39 is 48.7 Å². The van der Waals surface area contributed by atoms with E-state index in [-0.39, 0.29) is 16.3 Å². The summed E-state index contributed by atoms with van der Waals surface area (Å²) in [5.41, 5.74) is 0.587. The predicted octanol–water partition coefficient (Wildman–Crippen LogP) is 3.05. The first-order valence-electron chi connectivity index (χ1n) is 11.4. The van der Waals surface area contributed by atoms with Gasteiger partial charge in [-0.3, -0.25) is 0 Å². The van der Waals surface area contributed by atoms with Crippen LogP contribution < -0.4 is 0 Å². The van der Waals surface area contributed by atoms with Crippen molar-refractivity contribution >= 4 is 11.6 Å². The number of nitrogens with zero attached hydrogens (tertiary/aromatic N) is 4. The van der Waals surface area contributed by atoms with Crippen LogP contribution in [0, 0.1) is 11.6 Å². The Labute approximate surface area is 204 Å². The number of rotatable bonds is 7. The van der Waals surface area contributed by atoms with Crippen LogP contribution in [-0.2, 0) is 15.9 Å². The molecule has 0 radical (unpaired) electrons. The molecule has 35 heavy (non-hydrogen) atoms. The summed E-state index contributed by atoms with van der Waals surface area (Å²) in [6.07, 6.45) is 1.52. The normalized spacial score (nSPS) is 27.2. The largest absolute Gasteiger partial charge is 0.394 e. The highest BCUT2D eigenvalue weighted by Crippen LogP contribution is 2.38. The Hall–Kier alpha value is -2.44. The highest BCUT2D eigenvalue weighted by molar-refractivity contribution is 6.30. The number of benzene rings is 1. The summed E-state index contributed by atoms with van der Waals surface area (Å²) in [6, 6.07) is 3.59. The lowest BCUT2D eigenvalue weighted by molar-refractivity contribution is -0.212. The minimum absolute atomic E-state index is 0.0466. The first kappa shape index (κ1) is 24.3. The first-order valence-corrected chi connectivity index (χ1v) is 11.8. The van der Waals surface area contributed by atoms with Gasteiger partial charge >= 0.3 is 0 Å². The average molecular weight is 511 g/mol. The van der Waals surface area contributed by atoms with Gasteiger partial charge in [0.25, 0.3) is 0 Å². The Morgan fingerprint density at radius 1 is 1.23 bits per heavy atom. The summed E-state index contributed by atoms with van der Waals surface area (Å²) in [6.45, 7) is -0.449. The van der Waals surface area contributed by atoms with Crippen LogP contribution in [0.4, 0.5) is 8.78 Å². The maximum absolute atomic E-state index is 14.4. The van der Waals surface area contributed by atoms with E-state index in [0.717, 1.165) is 18.6 Å². The van der Waals surface area contributed by atoms with Crippen molar-refractivity contribution < 1.29 is 33.0 Å². The molecule has 2 fully saturated rings. The number of hydrogen-bond donors (Lipinski definition) is 2. The van der Waals surface area contributed by atoms with Gasteiger partial charge in [0.15, 0.2) is 11.6 Å². The summed E-state index contributed by atoms with van der Waals surface area (Å²) in [7, 11) is 1.47. The van der Waals surface area contributed by atoms with E-state index in [1.165, 1.54) is 36.5 Å². The highest BCUT2D eigenvalue weighted by Gasteiger charge is 2.47. The topological polar surface area (TPSA) is 116 Å². The number of aliphatic hydroxyl groups is 2. The van der Waals surface area contributed by atoms with Gasteiger partial charge in [0, 0.05) is 31.1 Å². The smallest absolute Gasteiger partial charge is 0.178 e. The van der Waals surface area contributed by atoms with Gasteiger partial charge in [0.1, 0.15) is 35.8 Å². The second-order valence-electron chi connectivity index (χ2n) is 8.94. The fraction of sp³-hybridized carbons (Fsp3) is 0.522. The van der Waals surface area contributed by atoms with Crippen molar-refractivity contribution in [1.82, 2.24) is 20.2 Å². The van der Waals surface area contributed by atoms with Gasteiger partial charge in [-0.1, -0.05) is 28.4 Å². The average Bonchev–Trinajstić information content (AvgIpc) is 3.47. The van der Waals surface area contributed by atoms with E-state index in [1.54, 1.807) is 0 Å². The molecule has 1 aliphatic heterocycles. The SMILES string of the molecule is CO[C@@H]1[C@@H](n2cc(-c3ccc(Cl)c(F)c3F)nn2)[C@@H](O)[C@@H](CO)O[C@@H]1Cc1cc(C2CCC2)on1. The minimum Gasteiger partial charge on any atom is -0.394 e. The summed E-state index contributed by atoms with van der Waals surface area (Å²) >= 11 is 5.65. The molecule has 9 nitrogen and oxygen atoms in total. The molecule has 2 N–H and O–H groups in total. The number of halogens is 3. The molecular weight excluding hydrogens is 486 g/mol. The van der Waals surface area contributed by atoms with Crippen LogP contribution in [0.25, 0.3) is 11.3 Å². The van der Waals surface area contributed by atoms with Crippen molar-refractivity contribution in [2.45, 2.75) is 62.1 Å². The summed E-state index contributed by atoms with van der Waals surface area (Å²) in [5, 5.41) is 32.6. The lowest BCUT2D eigenvalue weighted by atomic mass is 9.83. The molecule has 1 aromatic carbocycles. The molecule has 1 saturated carbocycles. The quantitative estimate of drug-likeness (QED) is 0.466. The van der Waals surface area contributed by atoms with Gasteiger partial charge in [-0.15, -0.1) is 5.10 Å². The lowest BCUT2D eigenvalue weighted by Gasteiger charge is -2.43. The van der Waals surface area contributed by atoms with E-state index in [4.69, 9.17) is 25.6 Å². The second kappa shape index (κ2) is 9.90. The monoisotopic (exact) mass is 510 g/mol. The van der Waals surface area contributed by atoms with Crippen molar-refractivity contribution in [3.8, 4) is 11.3 Å². The maximum Gasteiger partial charge on any atom is 0.178 e. The highest BCUT2D eigenvalue weighted by atomic mass is 35.5. The van der Waals surface area contributed by atoms with E-state index in [9.17, 15) is 19.0 Å². The van der Waals surface area contributed by atoms with Gasteiger partial charge in [-0.05, 0) is 25.0 Å². The molecule has 5 atom stereocenters. The maximum atomic E-state index is 14.4. The minimum atomic E-state index is -1.22. The molecule has 3 heterocycles. The van der Waals surface area contributed by atoms with Gasteiger partial charge < -0.3 is 24.2 Å². The third-order valence-corrected chi connectivity index (χ3v) is 7.15. The zero-order chi connectivity index (χ0) is 24.7. The Bertz CT molecular complexity index is 1190. The number of hydrogen-bond acceptors (Lipinski definition) is 8. The van der Waals surface area contributed by atoms with Crippen molar-refractivity contribution in [3.05, 3.63) is 52.5 Å². The molecule has 0 bridgehead atoms. The molecule has 12 heteroatoms. The molecule has 1 aliphatic carbocycles. The lowest BCUT2D eigenvalue weighted by Crippen LogP contribution is -2.57. The zero-order valence-corrected chi connectivity index (χ0v) is 19.6.